The van der Waals surface area contributed by atoms with Crippen LogP contribution < -0.4 is 4.74 Å². The van der Waals surface area contributed by atoms with Crippen molar-refractivity contribution in [3.05, 3.63) is 64.7 Å². The molecule has 0 saturated carbocycles. The number of benzene rings is 2. The van der Waals surface area contributed by atoms with Crippen molar-refractivity contribution >= 4 is 17.5 Å². The van der Waals surface area contributed by atoms with Gasteiger partial charge >= 0.3 is 6.61 Å². The Morgan fingerprint density at radius 2 is 1.69 bits per heavy atom. The fourth-order valence-electron chi connectivity index (χ4n) is 2.97. The Labute approximate surface area is 155 Å². The molecule has 0 aliphatic carbocycles. The van der Waals surface area contributed by atoms with Crippen LogP contribution in [0.2, 0.25) is 5.02 Å². The number of nitrogens with zero attached hydrogens (tertiary/aromatic N) is 2. The van der Waals surface area contributed by atoms with Gasteiger partial charge < -0.3 is 9.64 Å². The third kappa shape index (κ3) is 4.71. The first kappa shape index (κ1) is 18.6. The summed E-state index contributed by atoms with van der Waals surface area (Å²) in [5.74, 6) is -0.372. The number of hydrogen-bond donors (Lipinski definition) is 0. The highest BCUT2D eigenvalue weighted by Crippen LogP contribution is 2.23. The monoisotopic (exact) mass is 380 g/mol. The van der Waals surface area contributed by atoms with Crippen LogP contribution in [-0.2, 0) is 6.54 Å². The molecule has 3 rings (SSSR count). The van der Waals surface area contributed by atoms with Gasteiger partial charge in [-0.3, -0.25) is 9.69 Å². The van der Waals surface area contributed by atoms with E-state index in [-0.39, 0.29) is 17.2 Å². The molecular formula is C19H19ClF2N2O2. The lowest BCUT2D eigenvalue weighted by molar-refractivity contribution is -0.0503. The normalized spacial score (nSPS) is 15.3. The number of piperazine rings is 1. The molecule has 2 aromatic rings. The third-order valence-corrected chi connectivity index (χ3v) is 4.56. The second-order valence-corrected chi connectivity index (χ2v) is 6.51. The minimum absolute atomic E-state index is 0.0870. The van der Waals surface area contributed by atoms with Crippen molar-refractivity contribution in [1.29, 1.82) is 0 Å². The quantitative estimate of drug-likeness (QED) is 0.788. The molecule has 1 aliphatic rings. The first-order valence-electron chi connectivity index (χ1n) is 8.33. The lowest BCUT2D eigenvalue weighted by Gasteiger charge is -2.35. The van der Waals surface area contributed by atoms with Crippen LogP contribution >= 0.6 is 11.6 Å². The Balaban J connectivity index is 1.59. The average Bonchev–Trinajstić information content (AvgIpc) is 2.64. The number of amides is 1. The number of carbonyl (C=O) groups is 1. The third-order valence-electron chi connectivity index (χ3n) is 4.31. The molecule has 1 saturated heterocycles. The maximum absolute atomic E-state index is 12.7. The summed E-state index contributed by atoms with van der Waals surface area (Å²) in [4.78, 5) is 16.6. The van der Waals surface area contributed by atoms with Gasteiger partial charge in [0.1, 0.15) is 5.75 Å². The molecule has 7 heteroatoms. The molecular weight excluding hydrogens is 362 g/mol. The maximum atomic E-state index is 12.7. The van der Waals surface area contributed by atoms with Crippen LogP contribution in [0, 0.1) is 0 Å². The fourth-order valence-corrected chi connectivity index (χ4v) is 3.10. The lowest BCUT2D eigenvalue weighted by atomic mass is 10.1. The van der Waals surface area contributed by atoms with Gasteiger partial charge in [0.2, 0.25) is 0 Å². The number of hydrogen-bond acceptors (Lipinski definition) is 3. The Kier molecular flexibility index (Phi) is 6.06. The molecule has 4 nitrogen and oxygen atoms in total. The van der Waals surface area contributed by atoms with E-state index in [9.17, 15) is 13.6 Å². The predicted octanol–water partition coefficient (Wildman–Crippen LogP) is 3.90. The smallest absolute Gasteiger partial charge is 0.387 e. The highest BCUT2D eigenvalue weighted by molar-refractivity contribution is 6.30. The van der Waals surface area contributed by atoms with E-state index in [0.717, 1.165) is 12.1 Å². The standard InChI is InChI=1S/C19H19ClF2N2O2/c20-15-7-5-14(6-8-15)13-23-9-11-24(12-10-23)18(25)16-3-1-2-4-17(16)26-19(21)22/h1-8,19H,9-13H2. The zero-order valence-electron chi connectivity index (χ0n) is 14.1. The van der Waals surface area contributed by atoms with Crippen LogP contribution in [0.15, 0.2) is 48.5 Å². The summed E-state index contributed by atoms with van der Waals surface area (Å²) in [7, 11) is 0. The van der Waals surface area contributed by atoms with Gasteiger partial charge in [-0.25, -0.2) is 0 Å². The minimum atomic E-state index is -2.96. The van der Waals surface area contributed by atoms with E-state index >= 15 is 0 Å². The fraction of sp³-hybridized carbons (Fsp3) is 0.316. The molecule has 1 aliphatic heterocycles. The summed E-state index contributed by atoms with van der Waals surface area (Å²) < 4.78 is 29.5. The molecule has 0 radical (unpaired) electrons. The van der Waals surface area contributed by atoms with Gasteiger partial charge in [-0.15, -0.1) is 0 Å². The van der Waals surface area contributed by atoms with E-state index in [1.54, 1.807) is 17.0 Å². The number of para-hydroxylation sites is 1. The Bertz CT molecular complexity index is 747. The topological polar surface area (TPSA) is 32.8 Å². The molecule has 26 heavy (non-hydrogen) atoms. The van der Waals surface area contributed by atoms with Crippen molar-refractivity contribution in [2.45, 2.75) is 13.2 Å². The van der Waals surface area contributed by atoms with Crippen LogP contribution in [0.25, 0.3) is 0 Å². The molecule has 0 unspecified atom stereocenters. The number of alkyl halides is 2. The number of halogens is 3. The summed E-state index contributed by atoms with van der Waals surface area (Å²) in [5.41, 5.74) is 1.32. The molecule has 1 heterocycles. The maximum Gasteiger partial charge on any atom is 0.387 e. The average molecular weight is 381 g/mol. The molecule has 1 amide bonds. The van der Waals surface area contributed by atoms with E-state index in [4.69, 9.17) is 11.6 Å². The second kappa shape index (κ2) is 8.47. The molecule has 138 valence electrons. The molecule has 0 aromatic heterocycles. The van der Waals surface area contributed by atoms with Crippen molar-refractivity contribution in [1.82, 2.24) is 9.80 Å². The van der Waals surface area contributed by atoms with Crippen LogP contribution in [0.4, 0.5) is 8.78 Å². The first-order chi connectivity index (χ1) is 12.5. The summed E-state index contributed by atoms with van der Waals surface area (Å²) in [5, 5.41) is 0.703. The Hall–Kier alpha value is -2.18. The van der Waals surface area contributed by atoms with E-state index in [1.807, 2.05) is 24.3 Å². The zero-order chi connectivity index (χ0) is 18.5. The summed E-state index contributed by atoms with van der Waals surface area (Å²) in [6, 6.07) is 13.8. The summed E-state index contributed by atoms with van der Waals surface area (Å²) in [6.45, 7) is 0.327. The highest BCUT2D eigenvalue weighted by atomic mass is 35.5. The summed E-state index contributed by atoms with van der Waals surface area (Å²) in [6.07, 6.45) is 0. The van der Waals surface area contributed by atoms with Crippen LogP contribution in [0.5, 0.6) is 5.75 Å². The molecule has 0 bridgehead atoms. The van der Waals surface area contributed by atoms with Crippen molar-refractivity contribution in [2.24, 2.45) is 0 Å². The van der Waals surface area contributed by atoms with Gasteiger partial charge in [0, 0.05) is 37.7 Å². The Morgan fingerprint density at radius 3 is 2.35 bits per heavy atom. The zero-order valence-corrected chi connectivity index (χ0v) is 14.8. The Morgan fingerprint density at radius 1 is 1.04 bits per heavy atom. The van der Waals surface area contributed by atoms with Crippen molar-refractivity contribution in [2.75, 3.05) is 26.2 Å². The van der Waals surface area contributed by atoms with Crippen LogP contribution in [0.1, 0.15) is 15.9 Å². The predicted molar refractivity (Wildman–Crippen MR) is 95.7 cm³/mol. The van der Waals surface area contributed by atoms with E-state index in [0.29, 0.717) is 31.2 Å². The van der Waals surface area contributed by atoms with Gasteiger partial charge in [0.05, 0.1) is 5.56 Å². The van der Waals surface area contributed by atoms with Gasteiger partial charge in [-0.1, -0.05) is 35.9 Å². The molecule has 0 spiro atoms. The van der Waals surface area contributed by atoms with Gasteiger partial charge in [0.15, 0.2) is 0 Å². The molecule has 0 atom stereocenters. The summed E-state index contributed by atoms with van der Waals surface area (Å²) >= 11 is 5.90. The van der Waals surface area contributed by atoms with Crippen LogP contribution in [-0.4, -0.2) is 48.5 Å². The van der Waals surface area contributed by atoms with E-state index < -0.39 is 6.61 Å². The molecule has 2 aromatic carbocycles. The van der Waals surface area contributed by atoms with Gasteiger partial charge in [-0.2, -0.15) is 8.78 Å². The lowest BCUT2D eigenvalue weighted by Crippen LogP contribution is -2.48. The molecule has 1 fully saturated rings. The second-order valence-electron chi connectivity index (χ2n) is 6.07. The first-order valence-corrected chi connectivity index (χ1v) is 8.70. The highest BCUT2D eigenvalue weighted by Gasteiger charge is 2.25. The number of ether oxygens (including phenoxy) is 1. The van der Waals surface area contributed by atoms with Gasteiger partial charge in [0.25, 0.3) is 5.91 Å². The van der Waals surface area contributed by atoms with Crippen molar-refractivity contribution in [3.8, 4) is 5.75 Å². The van der Waals surface area contributed by atoms with Gasteiger partial charge in [-0.05, 0) is 29.8 Å². The van der Waals surface area contributed by atoms with Crippen molar-refractivity contribution < 1.29 is 18.3 Å². The minimum Gasteiger partial charge on any atom is -0.434 e. The molecule has 0 N–H and O–H groups in total. The number of rotatable bonds is 5. The van der Waals surface area contributed by atoms with E-state index in [1.165, 1.54) is 12.1 Å². The van der Waals surface area contributed by atoms with Crippen LogP contribution in [0.3, 0.4) is 0 Å². The number of carbonyl (C=O) groups excluding carboxylic acids is 1. The van der Waals surface area contributed by atoms with Crippen molar-refractivity contribution in [3.63, 3.8) is 0 Å². The largest absolute Gasteiger partial charge is 0.434 e. The van der Waals surface area contributed by atoms with E-state index in [2.05, 4.69) is 9.64 Å². The SMILES string of the molecule is O=C(c1ccccc1OC(F)F)N1CCN(Cc2ccc(Cl)cc2)CC1.